The van der Waals surface area contributed by atoms with Crippen molar-refractivity contribution in [3.05, 3.63) is 0 Å². The Bertz CT molecular complexity index is 159. The molecule has 1 rings (SSSR count). The van der Waals surface area contributed by atoms with Crippen molar-refractivity contribution in [2.24, 2.45) is 11.8 Å². The molecular weight excluding hydrogens is 152 g/mol. The predicted molar refractivity (Wildman–Crippen MR) is 47.7 cm³/mol. The van der Waals surface area contributed by atoms with E-state index in [4.69, 9.17) is 4.74 Å². The molecule has 1 aliphatic rings. The fraction of sp³-hybridized carbons (Fsp3) is 0.900. The predicted octanol–water partition coefficient (Wildman–Crippen LogP) is 2.37. The van der Waals surface area contributed by atoms with E-state index in [-0.39, 0.29) is 18.0 Å². The van der Waals surface area contributed by atoms with Gasteiger partial charge in [-0.25, -0.2) is 0 Å². The van der Waals surface area contributed by atoms with E-state index in [0.717, 1.165) is 19.3 Å². The Kier molecular flexibility index (Phi) is 3.12. The first-order chi connectivity index (χ1) is 5.65. The zero-order chi connectivity index (χ0) is 9.14. The number of carbonyl (C=O) groups excluding carboxylic acids is 1. The molecular formula is C10H18O2. The molecule has 0 saturated heterocycles. The Hall–Kier alpha value is -0.530. The lowest BCUT2D eigenvalue weighted by molar-refractivity contribution is -0.153. The first-order valence-corrected chi connectivity index (χ1v) is 4.85. The molecule has 0 spiro atoms. The third-order valence-corrected chi connectivity index (χ3v) is 2.32. The lowest BCUT2D eigenvalue weighted by Crippen LogP contribution is -2.23. The van der Waals surface area contributed by atoms with Crippen LogP contribution < -0.4 is 0 Å². The maximum Gasteiger partial charge on any atom is 0.309 e. The van der Waals surface area contributed by atoms with E-state index in [2.05, 4.69) is 20.8 Å². The van der Waals surface area contributed by atoms with Gasteiger partial charge in [0.1, 0.15) is 6.10 Å². The molecule has 0 aromatic rings. The molecule has 0 amide bonds. The summed E-state index contributed by atoms with van der Waals surface area (Å²) in [6, 6.07) is 0. The van der Waals surface area contributed by atoms with Gasteiger partial charge in [-0.2, -0.15) is 0 Å². The summed E-state index contributed by atoms with van der Waals surface area (Å²) < 4.78 is 5.35. The first-order valence-electron chi connectivity index (χ1n) is 4.85. The first kappa shape index (κ1) is 9.56. The van der Waals surface area contributed by atoms with Crippen LogP contribution in [0.5, 0.6) is 0 Å². The molecule has 1 fully saturated rings. The van der Waals surface area contributed by atoms with Crippen LogP contribution in [0.1, 0.15) is 40.0 Å². The lowest BCUT2D eigenvalue weighted by atomic mass is 10.1. The van der Waals surface area contributed by atoms with Gasteiger partial charge in [-0.05, 0) is 25.2 Å². The quantitative estimate of drug-likeness (QED) is 0.605. The molecule has 0 aromatic heterocycles. The van der Waals surface area contributed by atoms with E-state index >= 15 is 0 Å². The summed E-state index contributed by atoms with van der Waals surface area (Å²) in [6.07, 6.45) is 3.12. The summed E-state index contributed by atoms with van der Waals surface area (Å²) in [5.74, 6) is 0.700. The highest BCUT2D eigenvalue weighted by Gasteiger charge is 2.33. The zero-order valence-electron chi connectivity index (χ0n) is 8.17. The van der Waals surface area contributed by atoms with Crippen LogP contribution in [0, 0.1) is 11.8 Å². The second-order valence-corrected chi connectivity index (χ2v) is 3.90. The highest BCUT2D eigenvalue weighted by molar-refractivity contribution is 5.75. The molecule has 2 heteroatoms. The molecule has 0 aliphatic heterocycles. The van der Waals surface area contributed by atoms with E-state index in [0.29, 0.717) is 5.92 Å². The van der Waals surface area contributed by atoms with Crippen LogP contribution in [0.2, 0.25) is 0 Å². The van der Waals surface area contributed by atoms with Gasteiger partial charge in [0, 0.05) is 0 Å². The molecule has 12 heavy (non-hydrogen) atoms. The van der Waals surface area contributed by atoms with Crippen LogP contribution in [0.15, 0.2) is 0 Å². The van der Waals surface area contributed by atoms with Gasteiger partial charge < -0.3 is 4.74 Å². The van der Waals surface area contributed by atoms with Gasteiger partial charge in [-0.1, -0.05) is 20.8 Å². The molecule has 0 heterocycles. The van der Waals surface area contributed by atoms with Gasteiger partial charge in [0.15, 0.2) is 0 Å². The number of hydrogen-bond acceptors (Lipinski definition) is 2. The molecule has 0 bridgehead atoms. The molecule has 2 nitrogen and oxygen atoms in total. The van der Waals surface area contributed by atoms with Crippen molar-refractivity contribution in [2.75, 3.05) is 0 Å². The summed E-state index contributed by atoms with van der Waals surface area (Å²) in [4.78, 5) is 11.3. The molecule has 70 valence electrons. The Labute approximate surface area is 74.3 Å². The molecule has 0 aromatic carbocycles. The summed E-state index contributed by atoms with van der Waals surface area (Å²) in [5.41, 5.74) is 0. The average Bonchev–Trinajstić information content (AvgIpc) is 2.80. The number of ether oxygens (including phenoxy) is 1. The molecule has 0 unspecified atom stereocenters. The standard InChI is InChI=1S/C10H18O2/c1-4-9(7(2)3)12-10(11)8-5-6-8/h7-9H,4-6H2,1-3H3/t9-/m0/s1. The normalized spacial score (nSPS) is 19.3. The minimum absolute atomic E-state index is 0.0237. The number of rotatable bonds is 4. The van der Waals surface area contributed by atoms with Crippen LogP contribution in [0.4, 0.5) is 0 Å². The highest BCUT2D eigenvalue weighted by atomic mass is 16.5. The summed E-state index contributed by atoms with van der Waals surface area (Å²) in [7, 11) is 0. The second-order valence-electron chi connectivity index (χ2n) is 3.90. The fourth-order valence-electron chi connectivity index (χ4n) is 1.26. The average molecular weight is 170 g/mol. The molecule has 0 N–H and O–H groups in total. The SMILES string of the molecule is CC[C@H](OC(=O)C1CC1)C(C)C. The monoisotopic (exact) mass is 170 g/mol. The van der Waals surface area contributed by atoms with E-state index in [1.807, 2.05) is 0 Å². The third kappa shape index (κ3) is 2.50. The zero-order valence-corrected chi connectivity index (χ0v) is 8.17. The van der Waals surface area contributed by atoms with E-state index in [1.54, 1.807) is 0 Å². The van der Waals surface area contributed by atoms with Crippen LogP contribution in [0.25, 0.3) is 0 Å². The topological polar surface area (TPSA) is 26.3 Å². The van der Waals surface area contributed by atoms with Crippen LogP contribution in [0.3, 0.4) is 0 Å². The van der Waals surface area contributed by atoms with Crippen molar-refractivity contribution in [3.63, 3.8) is 0 Å². The van der Waals surface area contributed by atoms with Crippen molar-refractivity contribution in [1.82, 2.24) is 0 Å². The number of hydrogen-bond donors (Lipinski definition) is 0. The van der Waals surface area contributed by atoms with Gasteiger partial charge in [-0.15, -0.1) is 0 Å². The summed E-state index contributed by atoms with van der Waals surface area (Å²) in [6.45, 7) is 6.24. The van der Waals surface area contributed by atoms with Gasteiger partial charge in [-0.3, -0.25) is 4.79 Å². The Morgan fingerprint density at radius 1 is 1.50 bits per heavy atom. The van der Waals surface area contributed by atoms with Gasteiger partial charge in [0.05, 0.1) is 5.92 Å². The van der Waals surface area contributed by atoms with Crippen molar-refractivity contribution in [3.8, 4) is 0 Å². The Morgan fingerprint density at radius 2 is 2.08 bits per heavy atom. The van der Waals surface area contributed by atoms with Crippen LogP contribution in [-0.2, 0) is 9.53 Å². The van der Waals surface area contributed by atoms with Gasteiger partial charge in [0.2, 0.25) is 0 Å². The number of esters is 1. The van der Waals surface area contributed by atoms with Crippen molar-refractivity contribution < 1.29 is 9.53 Å². The van der Waals surface area contributed by atoms with E-state index < -0.39 is 0 Å². The molecule has 1 aliphatic carbocycles. The Balaban J connectivity index is 2.30. The molecule has 1 atom stereocenters. The van der Waals surface area contributed by atoms with Crippen molar-refractivity contribution in [2.45, 2.75) is 46.1 Å². The van der Waals surface area contributed by atoms with E-state index in [1.165, 1.54) is 0 Å². The Morgan fingerprint density at radius 3 is 2.42 bits per heavy atom. The van der Waals surface area contributed by atoms with Gasteiger partial charge in [0.25, 0.3) is 0 Å². The lowest BCUT2D eigenvalue weighted by Gasteiger charge is -2.19. The van der Waals surface area contributed by atoms with Crippen LogP contribution in [-0.4, -0.2) is 12.1 Å². The van der Waals surface area contributed by atoms with E-state index in [9.17, 15) is 4.79 Å². The van der Waals surface area contributed by atoms with Gasteiger partial charge >= 0.3 is 5.97 Å². The second kappa shape index (κ2) is 3.92. The highest BCUT2D eigenvalue weighted by Crippen LogP contribution is 2.31. The molecule has 1 saturated carbocycles. The minimum Gasteiger partial charge on any atom is -0.462 e. The fourth-order valence-corrected chi connectivity index (χ4v) is 1.26. The maximum atomic E-state index is 11.3. The molecule has 0 radical (unpaired) electrons. The van der Waals surface area contributed by atoms with Crippen LogP contribution >= 0.6 is 0 Å². The summed E-state index contributed by atoms with van der Waals surface area (Å²) >= 11 is 0. The van der Waals surface area contributed by atoms with Crippen molar-refractivity contribution >= 4 is 5.97 Å². The largest absolute Gasteiger partial charge is 0.462 e. The minimum atomic E-state index is 0.0237. The third-order valence-electron chi connectivity index (χ3n) is 2.32. The maximum absolute atomic E-state index is 11.3. The smallest absolute Gasteiger partial charge is 0.309 e. The number of carbonyl (C=O) groups is 1. The summed E-state index contributed by atoms with van der Waals surface area (Å²) in [5, 5.41) is 0. The van der Waals surface area contributed by atoms with Crippen molar-refractivity contribution in [1.29, 1.82) is 0 Å².